The third-order valence-corrected chi connectivity index (χ3v) is 6.60. The Kier molecular flexibility index (Phi) is 5.84. The topological polar surface area (TPSA) is 60.5 Å². The number of rotatable bonds is 4. The monoisotopic (exact) mass is 381 g/mol. The quantitative estimate of drug-likeness (QED) is 0.765. The third kappa shape index (κ3) is 4.16. The number of piperazine rings is 1. The van der Waals surface area contributed by atoms with Crippen LogP contribution >= 0.6 is 0 Å². The van der Waals surface area contributed by atoms with Gasteiger partial charge in [0.05, 0.1) is 0 Å². The highest BCUT2D eigenvalue weighted by Gasteiger charge is 2.39. The van der Waals surface area contributed by atoms with Crippen LogP contribution in [-0.2, 0) is 4.79 Å². The first-order valence-electron chi connectivity index (χ1n) is 10.6. The Balaban J connectivity index is 1.25. The van der Waals surface area contributed by atoms with E-state index < -0.39 is 0 Å². The minimum atomic E-state index is 0.182. The standard InChI is InChI=1S/C22H31N5O/c1-3-16-5-6-21(24-13-16)27-9-7-26(8-10-27)15-17-11-20-19(23-14-17)12-18(4-2)22(28)25-20/h1,5-6,13,17-20,23H,4,7-12,14-15H2,2H3,(H,25,28). The summed E-state index contributed by atoms with van der Waals surface area (Å²) in [6.07, 6.45) is 10.2. The maximum absolute atomic E-state index is 12.2. The van der Waals surface area contributed by atoms with Crippen LogP contribution in [0, 0.1) is 24.2 Å². The van der Waals surface area contributed by atoms with Gasteiger partial charge in [0, 0.05) is 62.5 Å². The molecule has 4 unspecified atom stereocenters. The number of terminal acetylenes is 1. The molecule has 0 bridgehead atoms. The Bertz CT molecular complexity index is 719. The van der Waals surface area contributed by atoms with Crippen molar-refractivity contribution in [2.45, 2.75) is 38.3 Å². The predicted molar refractivity (Wildman–Crippen MR) is 111 cm³/mol. The molecule has 0 radical (unpaired) electrons. The summed E-state index contributed by atoms with van der Waals surface area (Å²) in [6, 6.07) is 4.73. The number of carbonyl (C=O) groups is 1. The first-order chi connectivity index (χ1) is 13.7. The number of piperidine rings is 2. The molecule has 2 N–H and O–H groups in total. The van der Waals surface area contributed by atoms with E-state index in [9.17, 15) is 4.79 Å². The molecule has 1 aromatic rings. The Hall–Kier alpha value is -2.10. The molecular weight excluding hydrogens is 350 g/mol. The molecule has 0 aromatic carbocycles. The van der Waals surface area contributed by atoms with Crippen molar-refractivity contribution in [1.82, 2.24) is 20.5 Å². The van der Waals surface area contributed by atoms with E-state index in [1.54, 1.807) is 6.20 Å². The van der Waals surface area contributed by atoms with Crippen LogP contribution in [0.15, 0.2) is 18.3 Å². The Morgan fingerprint density at radius 1 is 1.21 bits per heavy atom. The van der Waals surface area contributed by atoms with E-state index in [0.29, 0.717) is 18.0 Å². The first-order valence-corrected chi connectivity index (χ1v) is 10.6. The van der Waals surface area contributed by atoms with Crippen molar-refractivity contribution in [2.75, 3.05) is 44.2 Å². The molecule has 4 rings (SSSR count). The van der Waals surface area contributed by atoms with Gasteiger partial charge in [-0.2, -0.15) is 0 Å². The van der Waals surface area contributed by atoms with E-state index in [2.05, 4.69) is 38.3 Å². The fourth-order valence-electron chi connectivity index (χ4n) is 4.86. The molecule has 6 heteroatoms. The van der Waals surface area contributed by atoms with Gasteiger partial charge in [-0.1, -0.05) is 12.8 Å². The summed E-state index contributed by atoms with van der Waals surface area (Å²) >= 11 is 0. The van der Waals surface area contributed by atoms with Crippen molar-refractivity contribution >= 4 is 11.7 Å². The minimum Gasteiger partial charge on any atom is -0.354 e. The minimum absolute atomic E-state index is 0.182. The molecule has 0 spiro atoms. The van der Waals surface area contributed by atoms with E-state index >= 15 is 0 Å². The molecule has 3 saturated heterocycles. The second kappa shape index (κ2) is 8.50. The van der Waals surface area contributed by atoms with Crippen LogP contribution in [-0.4, -0.2) is 67.1 Å². The molecule has 3 fully saturated rings. The van der Waals surface area contributed by atoms with Crippen LogP contribution in [0.2, 0.25) is 0 Å². The van der Waals surface area contributed by atoms with Crippen LogP contribution in [0.3, 0.4) is 0 Å². The summed E-state index contributed by atoms with van der Waals surface area (Å²) in [6.45, 7) is 8.34. The van der Waals surface area contributed by atoms with Gasteiger partial charge in [0.2, 0.25) is 5.91 Å². The van der Waals surface area contributed by atoms with Gasteiger partial charge >= 0.3 is 0 Å². The van der Waals surface area contributed by atoms with Crippen molar-refractivity contribution < 1.29 is 4.79 Å². The smallest absolute Gasteiger partial charge is 0.223 e. The zero-order valence-electron chi connectivity index (χ0n) is 16.7. The van der Waals surface area contributed by atoms with Crippen LogP contribution in [0.25, 0.3) is 0 Å². The molecular formula is C22H31N5O. The van der Waals surface area contributed by atoms with Gasteiger partial charge in [-0.05, 0) is 43.9 Å². The van der Waals surface area contributed by atoms with Crippen LogP contribution < -0.4 is 15.5 Å². The summed E-state index contributed by atoms with van der Waals surface area (Å²) in [5.41, 5.74) is 0.825. The van der Waals surface area contributed by atoms with E-state index in [1.165, 1.54) is 0 Å². The van der Waals surface area contributed by atoms with Crippen molar-refractivity contribution in [3.63, 3.8) is 0 Å². The predicted octanol–water partition coefficient (Wildman–Crippen LogP) is 1.08. The summed E-state index contributed by atoms with van der Waals surface area (Å²) < 4.78 is 0. The lowest BCUT2D eigenvalue weighted by Crippen LogP contribution is -2.62. The number of anilines is 1. The van der Waals surface area contributed by atoms with Gasteiger partial charge in [0.25, 0.3) is 0 Å². The van der Waals surface area contributed by atoms with E-state index in [1.807, 2.05) is 12.1 Å². The van der Waals surface area contributed by atoms with E-state index in [0.717, 1.165) is 69.9 Å². The number of fused-ring (bicyclic) bond motifs is 1. The lowest BCUT2D eigenvalue weighted by atomic mass is 9.80. The van der Waals surface area contributed by atoms with Gasteiger partial charge in [-0.15, -0.1) is 6.42 Å². The van der Waals surface area contributed by atoms with Crippen molar-refractivity contribution in [3.05, 3.63) is 23.9 Å². The highest BCUT2D eigenvalue weighted by Crippen LogP contribution is 2.27. The maximum atomic E-state index is 12.2. The molecule has 28 heavy (non-hydrogen) atoms. The molecule has 1 amide bonds. The molecule has 0 saturated carbocycles. The summed E-state index contributed by atoms with van der Waals surface area (Å²) in [4.78, 5) is 21.6. The third-order valence-electron chi connectivity index (χ3n) is 6.60. The fraction of sp³-hybridized carbons (Fsp3) is 0.636. The van der Waals surface area contributed by atoms with Crippen molar-refractivity contribution in [1.29, 1.82) is 0 Å². The number of aromatic nitrogens is 1. The molecule has 3 aliphatic heterocycles. The Labute approximate surface area is 168 Å². The highest BCUT2D eigenvalue weighted by atomic mass is 16.2. The van der Waals surface area contributed by atoms with Gasteiger partial charge in [0.1, 0.15) is 5.82 Å². The van der Waals surface area contributed by atoms with Gasteiger partial charge in [0.15, 0.2) is 0 Å². The summed E-state index contributed by atoms with van der Waals surface area (Å²) in [7, 11) is 0. The maximum Gasteiger partial charge on any atom is 0.223 e. The molecule has 3 aliphatic rings. The highest BCUT2D eigenvalue weighted by molar-refractivity contribution is 5.80. The largest absolute Gasteiger partial charge is 0.354 e. The Morgan fingerprint density at radius 3 is 2.71 bits per heavy atom. The van der Waals surface area contributed by atoms with Gasteiger partial charge in [-0.25, -0.2) is 4.98 Å². The molecule has 6 nitrogen and oxygen atoms in total. The molecule has 150 valence electrons. The normalized spacial score (nSPS) is 31.0. The number of hydrogen-bond donors (Lipinski definition) is 2. The lowest BCUT2D eigenvalue weighted by Gasteiger charge is -2.44. The number of amides is 1. The second-order valence-electron chi connectivity index (χ2n) is 8.41. The van der Waals surface area contributed by atoms with E-state index in [-0.39, 0.29) is 11.8 Å². The average molecular weight is 382 g/mol. The molecule has 4 heterocycles. The van der Waals surface area contributed by atoms with Crippen LogP contribution in [0.1, 0.15) is 31.7 Å². The van der Waals surface area contributed by atoms with Crippen LogP contribution in [0.5, 0.6) is 0 Å². The number of nitrogens with one attached hydrogen (secondary N) is 2. The zero-order valence-corrected chi connectivity index (χ0v) is 16.7. The van der Waals surface area contributed by atoms with E-state index in [4.69, 9.17) is 6.42 Å². The first kappa shape index (κ1) is 19.2. The molecule has 0 aliphatic carbocycles. The number of hydrogen-bond acceptors (Lipinski definition) is 5. The summed E-state index contributed by atoms with van der Waals surface area (Å²) in [5, 5.41) is 6.99. The van der Waals surface area contributed by atoms with Gasteiger partial charge < -0.3 is 15.5 Å². The SMILES string of the molecule is C#Cc1ccc(N2CCN(CC3CNC4CC(CC)C(=O)NC4C3)CC2)nc1. The Morgan fingerprint density at radius 2 is 2.04 bits per heavy atom. The number of pyridine rings is 1. The second-order valence-corrected chi connectivity index (χ2v) is 8.41. The molecule has 1 aromatic heterocycles. The number of carbonyl (C=O) groups excluding carboxylic acids is 1. The zero-order chi connectivity index (χ0) is 19.5. The fourth-order valence-corrected chi connectivity index (χ4v) is 4.86. The lowest BCUT2D eigenvalue weighted by molar-refractivity contribution is -0.129. The molecule has 4 atom stereocenters. The van der Waals surface area contributed by atoms with Crippen molar-refractivity contribution in [2.24, 2.45) is 11.8 Å². The number of nitrogens with zero attached hydrogens (tertiary/aromatic N) is 3. The van der Waals surface area contributed by atoms with Crippen LogP contribution in [0.4, 0.5) is 5.82 Å². The van der Waals surface area contributed by atoms with Crippen molar-refractivity contribution in [3.8, 4) is 12.3 Å². The average Bonchev–Trinajstić information content (AvgIpc) is 2.74. The van der Waals surface area contributed by atoms with Gasteiger partial charge in [-0.3, -0.25) is 9.69 Å². The summed E-state index contributed by atoms with van der Waals surface area (Å²) in [5.74, 6) is 4.66.